The van der Waals surface area contributed by atoms with Crippen LogP contribution in [-0.2, 0) is 28.6 Å². The van der Waals surface area contributed by atoms with Gasteiger partial charge in [0.25, 0.3) is 0 Å². The summed E-state index contributed by atoms with van der Waals surface area (Å²) in [5.41, 5.74) is 1.10. The van der Waals surface area contributed by atoms with Crippen LogP contribution in [0.4, 0.5) is 0 Å². The Labute approximate surface area is 222 Å². The second kappa shape index (κ2) is 9.72. The zero-order valence-electron chi connectivity index (χ0n) is 23.6. The molecule has 0 radical (unpaired) electrons. The topological polar surface area (TPSA) is 78.9 Å². The van der Waals surface area contributed by atoms with Crippen molar-refractivity contribution in [2.75, 3.05) is 6.61 Å². The molecule has 0 saturated heterocycles. The van der Waals surface area contributed by atoms with Crippen molar-refractivity contribution < 1.29 is 28.6 Å². The monoisotopic (exact) mass is 514 g/mol. The Kier molecular flexibility index (Phi) is 7.02. The summed E-state index contributed by atoms with van der Waals surface area (Å²) >= 11 is 0. The zero-order chi connectivity index (χ0) is 26.7. The summed E-state index contributed by atoms with van der Waals surface area (Å²) in [6.45, 7) is 12.4. The number of fused-ring (bicyclic) bond motifs is 7. The average Bonchev–Trinajstić information content (AvgIpc) is 3.31. The molecule has 0 aromatic heterocycles. The van der Waals surface area contributed by atoms with Crippen molar-refractivity contribution in [3.8, 4) is 0 Å². The molecule has 10 atom stereocenters. The summed E-state index contributed by atoms with van der Waals surface area (Å²) in [5, 5.41) is 0. The van der Waals surface area contributed by atoms with E-state index in [1.54, 1.807) is 0 Å². The Hall–Kier alpha value is -1.85. The van der Waals surface area contributed by atoms with E-state index in [2.05, 4.69) is 27.7 Å². The molecule has 6 nitrogen and oxygen atoms in total. The van der Waals surface area contributed by atoms with Gasteiger partial charge in [0.05, 0.1) is 12.4 Å². The van der Waals surface area contributed by atoms with Crippen molar-refractivity contribution in [2.24, 2.45) is 46.3 Å². The smallest absolute Gasteiger partial charge is 0.302 e. The van der Waals surface area contributed by atoms with Gasteiger partial charge in [-0.15, -0.1) is 0 Å². The van der Waals surface area contributed by atoms with Crippen molar-refractivity contribution in [3.63, 3.8) is 0 Å². The molecule has 6 heteroatoms. The molecule has 5 rings (SSSR count). The molecule has 1 heterocycles. The van der Waals surface area contributed by atoms with E-state index in [0.29, 0.717) is 42.5 Å². The molecule has 37 heavy (non-hydrogen) atoms. The van der Waals surface area contributed by atoms with Gasteiger partial charge in [-0.3, -0.25) is 14.4 Å². The zero-order valence-corrected chi connectivity index (χ0v) is 23.6. The lowest BCUT2D eigenvalue weighted by atomic mass is 9.44. The quantitative estimate of drug-likeness (QED) is 0.404. The molecular weight excluding hydrogens is 468 g/mol. The number of carbonyl (C=O) groups excluding carboxylic acids is 3. The third kappa shape index (κ3) is 4.44. The van der Waals surface area contributed by atoms with Crippen molar-refractivity contribution in [3.05, 3.63) is 11.3 Å². The van der Waals surface area contributed by atoms with Gasteiger partial charge in [0.2, 0.25) is 0 Å². The van der Waals surface area contributed by atoms with Crippen LogP contribution in [-0.4, -0.2) is 36.5 Å². The second-order valence-electron chi connectivity index (χ2n) is 13.5. The van der Waals surface area contributed by atoms with E-state index in [0.717, 1.165) is 44.3 Å². The molecule has 4 saturated carbocycles. The Morgan fingerprint density at radius 3 is 2.54 bits per heavy atom. The molecule has 1 aliphatic heterocycles. The first kappa shape index (κ1) is 26.7. The van der Waals surface area contributed by atoms with Crippen LogP contribution >= 0.6 is 0 Å². The number of esters is 2. The number of Topliss-reactive ketones (excluding diaryl/α,β-unsaturated/α-hetero) is 1. The molecule has 0 aromatic carbocycles. The van der Waals surface area contributed by atoms with Gasteiger partial charge in [-0.2, -0.15) is 0 Å². The minimum atomic E-state index is -0.334. The van der Waals surface area contributed by atoms with Crippen molar-refractivity contribution in [2.45, 2.75) is 112 Å². The third-order valence-electron chi connectivity index (χ3n) is 11.5. The molecule has 206 valence electrons. The number of carbonyl (C=O) groups is 3. The number of ketones is 1. The van der Waals surface area contributed by atoms with Crippen LogP contribution < -0.4 is 0 Å². The number of allylic oxidation sites excluding steroid dienone is 1. The van der Waals surface area contributed by atoms with Crippen LogP contribution in [0.3, 0.4) is 0 Å². The second-order valence-corrected chi connectivity index (χ2v) is 13.5. The van der Waals surface area contributed by atoms with E-state index < -0.39 is 0 Å². The highest BCUT2D eigenvalue weighted by Gasteiger charge is 2.67. The van der Waals surface area contributed by atoms with Crippen molar-refractivity contribution in [1.29, 1.82) is 0 Å². The molecule has 0 amide bonds. The van der Waals surface area contributed by atoms with Gasteiger partial charge in [0.1, 0.15) is 18.0 Å². The van der Waals surface area contributed by atoms with Crippen LogP contribution in [0.15, 0.2) is 11.3 Å². The molecule has 5 aliphatic rings. The number of hydrogen-bond donors (Lipinski definition) is 0. The fraction of sp³-hybridized carbons (Fsp3) is 0.839. The predicted octanol–water partition coefficient (Wildman–Crippen LogP) is 6.02. The Bertz CT molecular complexity index is 984. The van der Waals surface area contributed by atoms with E-state index in [9.17, 15) is 14.4 Å². The first-order valence-corrected chi connectivity index (χ1v) is 14.6. The van der Waals surface area contributed by atoms with Crippen molar-refractivity contribution >= 4 is 17.7 Å². The summed E-state index contributed by atoms with van der Waals surface area (Å²) in [6.07, 6.45) is 8.83. The van der Waals surface area contributed by atoms with Gasteiger partial charge in [0.15, 0.2) is 0 Å². The standard InChI is InChI=1S/C31H46O6/c1-17(16-35-19(3)32)7-10-26-18(2)29-27(37-26)14-25-23-9-8-21-13-22(36-20(4)33)11-12-30(21,5)24(23)15-28(34)31(25,29)6/h17,21-25,27,29H,7-16H2,1-6H3/t17-,21+,22-,23-,24+,25+,27-,29+,30+,31-/m1/s1. The first-order valence-electron chi connectivity index (χ1n) is 14.6. The minimum absolute atomic E-state index is 0.0406. The largest absolute Gasteiger partial charge is 0.494 e. The first-order chi connectivity index (χ1) is 17.4. The molecule has 0 spiro atoms. The summed E-state index contributed by atoms with van der Waals surface area (Å²) in [4.78, 5) is 36.8. The van der Waals surface area contributed by atoms with E-state index in [1.807, 2.05) is 0 Å². The average molecular weight is 515 g/mol. The highest BCUT2D eigenvalue weighted by molar-refractivity contribution is 5.87. The molecule has 0 bridgehead atoms. The number of hydrogen-bond acceptors (Lipinski definition) is 6. The summed E-state index contributed by atoms with van der Waals surface area (Å²) < 4.78 is 17.4. The lowest BCUT2D eigenvalue weighted by Crippen LogP contribution is -2.57. The summed E-state index contributed by atoms with van der Waals surface area (Å²) in [5.74, 6) is 3.49. The fourth-order valence-electron chi connectivity index (χ4n) is 9.55. The van der Waals surface area contributed by atoms with Gasteiger partial charge < -0.3 is 14.2 Å². The molecule has 4 fully saturated rings. The lowest BCUT2D eigenvalue weighted by molar-refractivity contribution is -0.165. The summed E-state index contributed by atoms with van der Waals surface area (Å²) in [6, 6.07) is 0. The van der Waals surface area contributed by atoms with Gasteiger partial charge >= 0.3 is 11.9 Å². The Morgan fingerprint density at radius 2 is 1.84 bits per heavy atom. The molecule has 0 aromatic rings. The maximum atomic E-state index is 14.1. The highest BCUT2D eigenvalue weighted by atomic mass is 16.5. The van der Waals surface area contributed by atoms with Gasteiger partial charge in [-0.1, -0.05) is 20.8 Å². The van der Waals surface area contributed by atoms with Gasteiger partial charge in [0, 0.05) is 38.0 Å². The van der Waals surface area contributed by atoms with Crippen LogP contribution in [0.2, 0.25) is 0 Å². The Morgan fingerprint density at radius 1 is 1.08 bits per heavy atom. The lowest BCUT2D eigenvalue weighted by Gasteiger charge is -2.60. The number of ether oxygens (including phenoxy) is 3. The highest BCUT2D eigenvalue weighted by Crippen LogP contribution is 2.68. The fourth-order valence-corrected chi connectivity index (χ4v) is 9.55. The predicted molar refractivity (Wildman–Crippen MR) is 139 cm³/mol. The SMILES string of the molecule is CC(=O)OC[C@H](C)CCC1=C(C)[C@H]2[C@@H](C[C@H]3[C@@H]4CC[C@H]5C[C@H](OC(C)=O)CC[C@]5(C)[C@H]4CC(=O)[C@@]32C)O1. The molecule has 0 N–H and O–H groups in total. The maximum absolute atomic E-state index is 14.1. The maximum Gasteiger partial charge on any atom is 0.302 e. The van der Waals surface area contributed by atoms with E-state index >= 15 is 0 Å². The number of rotatable bonds is 6. The van der Waals surface area contributed by atoms with E-state index in [1.165, 1.54) is 32.3 Å². The van der Waals surface area contributed by atoms with Gasteiger partial charge in [-0.05, 0) is 92.4 Å². The van der Waals surface area contributed by atoms with Crippen molar-refractivity contribution in [1.82, 2.24) is 0 Å². The molecule has 0 unspecified atom stereocenters. The van der Waals surface area contributed by atoms with Crippen LogP contribution in [0.5, 0.6) is 0 Å². The summed E-state index contributed by atoms with van der Waals surface area (Å²) in [7, 11) is 0. The van der Waals surface area contributed by atoms with Crippen LogP contribution in [0, 0.1) is 46.3 Å². The van der Waals surface area contributed by atoms with E-state index in [4.69, 9.17) is 14.2 Å². The third-order valence-corrected chi connectivity index (χ3v) is 11.5. The van der Waals surface area contributed by atoms with Gasteiger partial charge in [-0.25, -0.2) is 0 Å². The van der Waals surface area contributed by atoms with Crippen LogP contribution in [0.25, 0.3) is 0 Å². The van der Waals surface area contributed by atoms with E-state index in [-0.39, 0.29) is 46.8 Å². The molecular formula is C31H46O6. The minimum Gasteiger partial charge on any atom is -0.494 e. The normalized spacial score (nSPS) is 43.2. The molecule has 4 aliphatic carbocycles. The Balaban J connectivity index is 1.30. The van der Waals surface area contributed by atoms with Crippen LogP contribution in [0.1, 0.15) is 99.3 Å².